The van der Waals surface area contributed by atoms with E-state index < -0.39 is 0 Å². The zero-order valence-corrected chi connectivity index (χ0v) is 19.0. The number of nitro groups is 1. The molecule has 1 amide bonds. The standard InChI is InChI=1S/C25H25ClN4O3/c1-18(19-7-3-2-4-8-19)27-23-17-20(11-12-24(23)30(32)33)28-13-15-29(16-14-28)25(31)21-9-5-6-10-22(21)26/h2-12,17-18,27H,13-16H2,1H3/t18-/m1/s1. The number of rotatable bonds is 6. The van der Waals surface area contributed by atoms with Gasteiger partial charge >= 0.3 is 0 Å². The van der Waals surface area contributed by atoms with Crippen molar-refractivity contribution in [3.63, 3.8) is 0 Å². The van der Waals surface area contributed by atoms with Gasteiger partial charge in [0.05, 0.1) is 15.5 Å². The fraction of sp³-hybridized carbons (Fsp3) is 0.240. The Kier molecular flexibility index (Phi) is 6.79. The van der Waals surface area contributed by atoms with E-state index in [9.17, 15) is 14.9 Å². The van der Waals surface area contributed by atoms with Gasteiger partial charge in [-0.25, -0.2) is 0 Å². The predicted octanol–water partition coefficient (Wildman–Crippen LogP) is 5.38. The van der Waals surface area contributed by atoms with Crippen LogP contribution in [-0.2, 0) is 0 Å². The quantitative estimate of drug-likeness (QED) is 0.391. The predicted molar refractivity (Wildman–Crippen MR) is 131 cm³/mol. The molecule has 8 heteroatoms. The first-order valence-electron chi connectivity index (χ1n) is 10.8. The topological polar surface area (TPSA) is 78.7 Å². The minimum Gasteiger partial charge on any atom is -0.373 e. The molecule has 170 valence electrons. The van der Waals surface area contributed by atoms with Crippen molar-refractivity contribution in [1.82, 2.24) is 4.90 Å². The van der Waals surface area contributed by atoms with Gasteiger partial charge in [0.25, 0.3) is 11.6 Å². The lowest BCUT2D eigenvalue weighted by Gasteiger charge is -2.36. The van der Waals surface area contributed by atoms with E-state index in [1.807, 2.05) is 43.3 Å². The van der Waals surface area contributed by atoms with Crippen molar-refractivity contribution in [2.45, 2.75) is 13.0 Å². The highest BCUT2D eigenvalue weighted by Gasteiger charge is 2.25. The molecule has 1 fully saturated rings. The molecule has 0 radical (unpaired) electrons. The fourth-order valence-electron chi connectivity index (χ4n) is 4.03. The van der Waals surface area contributed by atoms with Gasteiger partial charge in [0.2, 0.25) is 0 Å². The summed E-state index contributed by atoms with van der Waals surface area (Å²) >= 11 is 6.19. The molecule has 7 nitrogen and oxygen atoms in total. The summed E-state index contributed by atoms with van der Waals surface area (Å²) < 4.78 is 0. The average Bonchev–Trinajstić information content (AvgIpc) is 2.84. The molecule has 1 aliphatic heterocycles. The van der Waals surface area contributed by atoms with Crippen LogP contribution in [0.1, 0.15) is 28.9 Å². The third-order valence-corrected chi connectivity index (χ3v) is 6.21. The Morgan fingerprint density at radius 1 is 1.00 bits per heavy atom. The van der Waals surface area contributed by atoms with Gasteiger partial charge in [-0.1, -0.05) is 54.1 Å². The molecule has 1 saturated heterocycles. The van der Waals surface area contributed by atoms with Gasteiger partial charge in [-0.2, -0.15) is 0 Å². The summed E-state index contributed by atoms with van der Waals surface area (Å²) in [4.78, 5) is 28.0. The maximum atomic E-state index is 12.8. The second-order valence-corrected chi connectivity index (χ2v) is 8.40. The van der Waals surface area contributed by atoms with E-state index in [0.29, 0.717) is 42.5 Å². The van der Waals surface area contributed by atoms with E-state index in [-0.39, 0.29) is 22.6 Å². The van der Waals surface area contributed by atoms with Crippen molar-refractivity contribution in [2.75, 3.05) is 36.4 Å². The van der Waals surface area contributed by atoms with Crippen molar-refractivity contribution >= 4 is 34.6 Å². The van der Waals surface area contributed by atoms with Gasteiger partial charge in [0.15, 0.2) is 0 Å². The molecule has 1 aliphatic rings. The van der Waals surface area contributed by atoms with E-state index in [2.05, 4.69) is 10.2 Å². The van der Waals surface area contributed by atoms with E-state index in [1.165, 1.54) is 6.07 Å². The minimum atomic E-state index is -0.371. The molecule has 0 spiro atoms. The normalized spacial score (nSPS) is 14.6. The molecular weight excluding hydrogens is 440 g/mol. The first-order valence-corrected chi connectivity index (χ1v) is 11.2. The number of amides is 1. The van der Waals surface area contributed by atoms with Crippen molar-refractivity contribution in [1.29, 1.82) is 0 Å². The van der Waals surface area contributed by atoms with Gasteiger partial charge in [0.1, 0.15) is 5.69 Å². The third-order valence-electron chi connectivity index (χ3n) is 5.88. The summed E-state index contributed by atoms with van der Waals surface area (Å²) in [5.74, 6) is -0.0806. The summed E-state index contributed by atoms with van der Waals surface area (Å²) in [5, 5.41) is 15.3. The van der Waals surface area contributed by atoms with Crippen molar-refractivity contribution in [3.05, 3.63) is 99.1 Å². The summed E-state index contributed by atoms with van der Waals surface area (Å²) in [5.41, 5.74) is 2.94. The molecular formula is C25H25ClN4O3. The van der Waals surface area contributed by atoms with Crippen LogP contribution >= 0.6 is 11.6 Å². The Morgan fingerprint density at radius 2 is 1.67 bits per heavy atom. The first kappa shape index (κ1) is 22.6. The molecule has 1 N–H and O–H groups in total. The molecule has 0 bridgehead atoms. The molecule has 3 aromatic rings. The number of hydrogen-bond acceptors (Lipinski definition) is 5. The van der Waals surface area contributed by atoms with E-state index >= 15 is 0 Å². The Hall–Kier alpha value is -3.58. The molecule has 4 rings (SSSR count). The van der Waals surface area contributed by atoms with Gasteiger partial charge in [0, 0.05) is 44.0 Å². The smallest absolute Gasteiger partial charge is 0.292 e. The molecule has 1 atom stereocenters. The lowest BCUT2D eigenvalue weighted by atomic mass is 10.1. The number of nitrogens with zero attached hydrogens (tertiary/aromatic N) is 3. The van der Waals surface area contributed by atoms with Crippen LogP contribution in [0.3, 0.4) is 0 Å². The summed E-state index contributed by atoms with van der Waals surface area (Å²) in [6.07, 6.45) is 0. The Bertz CT molecular complexity index is 1150. The first-order chi connectivity index (χ1) is 15.9. The monoisotopic (exact) mass is 464 g/mol. The van der Waals surface area contributed by atoms with Crippen LogP contribution in [-0.4, -0.2) is 41.9 Å². The Balaban J connectivity index is 1.48. The number of nitro benzene ring substituents is 1. The highest BCUT2D eigenvalue weighted by Crippen LogP contribution is 2.33. The second kappa shape index (κ2) is 9.92. The van der Waals surface area contributed by atoms with Crippen LogP contribution in [0.5, 0.6) is 0 Å². The van der Waals surface area contributed by atoms with E-state index in [1.54, 1.807) is 35.2 Å². The lowest BCUT2D eigenvalue weighted by molar-refractivity contribution is -0.384. The average molecular weight is 465 g/mol. The molecule has 33 heavy (non-hydrogen) atoms. The highest BCUT2D eigenvalue weighted by atomic mass is 35.5. The number of benzene rings is 3. The lowest BCUT2D eigenvalue weighted by Crippen LogP contribution is -2.48. The van der Waals surface area contributed by atoms with Crippen molar-refractivity contribution in [3.8, 4) is 0 Å². The van der Waals surface area contributed by atoms with Crippen molar-refractivity contribution < 1.29 is 9.72 Å². The minimum absolute atomic E-state index is 0.0362. The summed E-state index contributed by atoms with van der Waals surface area (Å²) in [7, 11) is 0. The second-order valence-electron chi connectivity index (χ2n) is 7.99. The maximum absolute atomic E-state index is 12.8. The molecule has 0 unspecified atom stereocenters. The van der Waals surface area contributed by atoms with Crippen LogP contribution in [0.2, 0.25) is 5.02 Å². The van der Waals surface area contributed by atoms with E-state index in [4.69, 9.17) is 11.6 Å². The number of carbonyl (C=O) groups excluding carboxylic acids is 1. The number of nitrogens with one attached hydrogen (secondary N) is 1. The summed E-state index contributed by atoms with van der Waals surface area (Å²) in [6.45, 7) is 4.32. The van der Waals surface area contributed by atoms with Gasteiger partial charge in [-0.05, 0) is 36.8 Å². The Morgan fingerprint density at radius 3 is 2.33 bits per heavy atom. The van der Waals surface area contributed by atoms with Gasteiger partial charge < -0.3 is 15.1 Å². The molecule has 0 aromatic heterocycles. The van der Waals surface area contributed by atoms with Gasteiger partial charge in [-0.3, -0.25) is 14.9 Å². The van der Waals surface area contributed by atoms with Crippen LogP contribution in [0, 0.1) is 10.1 Å². The number of halogens is 1. The van der Waals surface area contributed by atoms with Gasteiger partial charge in [-0.15, -0.1) is 0 Å². The van der Waals surface area contributed by atoms with Crippen LogP contribution in [0.15, 0.2) is 72.8 Å². The van der Waals surface area contributed by atoms with Crippen LogP contribution < -0.4 is 10.2 Å². The van der Waals surface area contributed by atoms with E-state index in [0.717, 1.165) is 11.3 Å². The largest absolute Gasteiger partial charge is 0.373 e. The fourth-order valence-corrected chi connectivity index (χ4v) is 4.24. The Labute approximate surface area is 197 Å². The molecule has 1 heterocycles. The molecule has 0 saturated carbocycles. The summed E-state index contributed by atoms with van der Waals surface area (Å²) in [6, 6.07) is 21.9. The van der Waals surface area contributed by atoms with Crippen LogP contribution in [0.4, 0.5) is 17.1 Å². The zero-order valence-electron chi connectivity index (χ0n) is 18.3. The third kappa shape index (κ3) is 5.09. The number of carbonyl (C=O) groups is 1. The SMILES string of the molecule is C[C@@H](Nc1cc(N2CCN(C(=O)c3ccccc3Cl)CC2)ccc1[N+](=O)[O-])c1ccccc1. The number of anilines is 2. The molecule has 3 aromatic carbocycles. The van der Waals surface area contributed by atoms with Crippen LogP contribution in [0.25, 0.3) is 0 Å². The van der Waals surface area contributed by atoms with Crippen molar-refractivity contribution in [2.24, 2.45) is 0 Å². The maximum Gasteiger partial charge on any atom is 0.292 e. The number of piperazine rings is 1. The zero-order chi connectivity index (χ0) is 23.4. The molecule has 0 aliphatic carbocycles. The highest BCUT2D eigenvalue weighted by molar-refractivity contribution is 6.33. The number of hydrogen-bond donors (Lipinski definition) is 1.